The van der Waals surface area contributed by atoms with Gasteiger partial charge in [0.1, 0.15) is 0 Å². The molecule has 1 nitrogen and oxygen atoms in total. The Morgan fingerprint density at radius 2 is 2.00 bits per heavy atom. The summed E-state index contributed by atoms with van der Waals surface area (Å²) >= 11 is 0. The van der Waals surface area contributed by atoms with Gasteiger partial charge < -0.3 is 5.32 Å². The Morgan fingerprint density at radius 3 is 2.58 bits per heavy atom. The summed E-state index contributed by atoms with van der Waals surface area (Å²) < 4.78 is 0. The molecule has 0 aliphatic heterocycles. The highest BCUT2D eigenvalue weighted by Crippen LogP contribution is 2.28. The first-order valence-electron chi connectivity index (χ1n) is 5.47. The van der Waals surface area contributed by atoms with Gasteiger partial charge in [0.25, 0.3) is 0 Å². The van der Waals surface area contributed by atoms with Crippen molar-refractivity contribution in [2.24, 2.45) is 11.8 Å². The SMILES string of the molecule is CCCNC1CCC(C)CC1C. The Morgan fingerprint density at radius 1 is 1.25 bits per heavy atom. The normalized spacial score (nSPS) is 36.8. The highest BCUT2D eigenvalue weighted by molar-refractivity contribution is 4.80. The Hall–Kier alpha value is -0.0400. The van der Waals surface area contributed by atoms with Gasteiger partial charge in [-0.05, 0) is 44.1 Å². The van der Waals surface area contributed by atoms with E-state index in [1.807, 2.05) is 0 Å². The molecule has 0 radical (unpaired) electrons. The maximum Gasteiger partial charge on any atom is 0.00928 e. The Balaban J connectivity index is 2.25. The van der Waals surface area contributed by atoms with Crippen LogP contribution in [0.25, 0.3) is 0 Å². The zero-order valence-electron chi connectivity index (χ0n) is 8.77. The molecule has 1 fully saturated rings. The minimum absolute atomic E-state index is 0.807. The lowest BCUT2D eigenvalue weighted by molar-refractivity contribution is 0.229. The van der Waals surface area contributed by atoms with Gasteiger partial charge in [-0.1, -0.05) is 20.8 Å². The summed E-state index contributed by atoms with van der Waals surface area (Å²) in [6.07, 6.45) is 5.49. The van der Waals surface area contributed by atoms with Gasteiger partial charge in [0, 0.05) is 6.04 Å². The standard InChI is InChI=1S/C11H23N/c1-4-7-12-11-6-5-9(2)8-10(11)3/h9-12H,4-8H2,1-3H3. The molecule has 1 aliphatic carbocycles. The van der Waals surface area contributed by atoms with Crippen molar-refractivity contribution in [1.82, 2.24) is 5.32 Å². The van der Waals surface area contributed by atoms with E-state index in [4.69, 9.17) is 0 Å². The number of hydrogen-bond donors (Lipinski definition) is 1. The summed E-state index contributed by atoms with van der Waals surface area (Å²) in [4.78, 5) is 0. The molecule has 3 atom stereocenters. The molecular weight excluding hydrogens is 146 g/mol. The highest BCUT2D eigenvalue weighted by atomic mass is 14.9. The van der Waals surface area contributed by atoms with Crippen LogP contribution in [0.3, 0.4) is 0 Å². The molecule has 0 aromatic rings. The van der Waals surface area contributed by atoms with Crippen molar-refractivity contribution in [3.05, 3.63) is 0 Å². The molecule has 0 spiro atoms. The molecule has 0 amide bonds. The molecule has 0 heterocycles. The Bertz CT molecular complexity index is 120. The van der Waals surface area contributed by atoms with Crippen LogP contribution in [-0.4, -0.2) is 12.6 Å². The average Bonchev–Trinajstić information content (AvgIpc) is 2.03. The molecule has 3 unspecified atom stereocenters. The zero-order valence-corrected chi connectivity index (χ0v) is 8.77. The summed E-state index contributed by atoms with van der Waals surface area (Å²) in [6.45, 7) is 8.21. The largest absolute Gasteiger partial charge is 0.314 e. The third-order valence-electron chi connectivity index (χ3n) is 3.09. The van der Waals surface area contributed by atoms with Crippen molar-refractivity contribution in [1.29, 1.82) is 0 Å². The minimum atomic E-state index is 0.807. The van der Waals surface area contributed by atoms with E-state index >= 15 is 0 Å². The fourth-order valence-corrected chi connectivity index (χ4v) is 2.30. The van der Waals surface area contributed by atoms with E-state index in [2.05, 4.69) is 26.1 Å². The van der Waals surface area contributed by atoms with Crippen LogP contribution in [0.5, 0.6) is 0 Å². The van der Waals surface area contributed by atoms with Gasteiger partial charge in [-0.25, -0.2) is 0 Å². The highest BCUT2D eigenvalue weighted by Gasteiger charge is 2.24. The quantitative estimate of drug-likeness (QED) is 0.685. The van der Waals surface area contributed by atoms with Gasteiger partial charge in [-0.15, -0.1) is 0 Å². The van der Waals surface area contributed by atoms with Crippen molar-refractivity contribution >= 4 is 0 Å². The molecule has 0 bridgehead atoms. The van der Waals surface area contributed by atoms with E-state index in [0.717, 1.165) is 17.9 Å². The molecule has 0 aromatic carbocycles. The molecule has 72 valence electrons. The van der Waals surface area contributed by atoms with Crippen LogP contribution in [-0.2, 0) is 0 Å². The Labute approximate surface area is 76.9 Å². The van der Waals surface area contributed by atoms with Gasteiger partial charge in [0.05, 0.1) is 0 Å². The second kappa shape index (κ2) is 4.86. The summed E-state index contributed by atoms with van der Waals surface area (Å²) in [6, 6.07) is 0.807. The summed E-state index contributed by atoms with van der Waals surface area (Å²) in [5, 5.41) is 3.64. The van der Waals surface area contributed by atoms with E-state index in [0.29, 0.717) is 0 Å². The average molecular weight is 169 g/mol. The fourth-order valence-electron chi connectivity index (χ4n) is 2.30. The number of nitrogens with one attached hydrogen (secondary N) is 1. The molecule has 1 saturated carbocycles. The number of hydrogen-bond acceptors (Lipinski definition) is 1. The van der Waals surface area contributed by atoms with E-state index < -0.39 is 0 Å². The monoisotopic (exact) mass is 169 g/mol. The molecule has 12 heavy (non-hydrogen) atoms. The van der Waals surface area contributed by atoms with E-state index in [-0.39, 0.29) is 0 Å². The predicted molar refractivity (Wildman–Crippen MR) is 54.3 cm³/mol. The number of rotatable bonds is 3. The summed E-state index contributed by atoms with van der Waals surface area (Å²) in [5.41, 5.74) is 0. The van der Waals surface area contributed by atoms with E-state index in [1.165, 1.54) is 32.2 Å². The topological polar surface area (TPSA) is 12.0 Å². The van der Waals surface area contributed by atoms with E-state index in [9.17, 15) is 0 Å². The first-order chi connectivity index (χ1) is 5.74. The second-order valence-corrected chi connectivity index (χ2v) is 4.46. The smallest absolute Gasteiger partial charge is 0.00928 e. The summed E-state index contributed by atoms with van der Waals surface area (Å²) in [7, 11) is 0. The maximum atomic E-state index is 3.64. The first kappa shape index (κ1) is 10.0. The van der Waals surface area contributed by atoms with Crippen LogP contribution >= 0.6 is 0 Å². The van der Waals surface area contributed by atoms with Crippen molar-refractivity contribution in [3.8, 4) is 0 Å². The molecule has 1 N–H and O–H groups in total. The van der Waals surface area contributed by atoms with E-state index in [1.54, 1.807) is 0 Å². The van der Waals surface area contributed by atoms with Crippen LogP contribution in [0.2, 0.25) is 0 Å². The van der Waals surface area contributed by atoms with Gasteiger partial charge in [-0.3, -0.25) is 0 Å². The van der Waals surface area contributed by atoms with Crippen molar-refractivity contribution in [3.63, 3.8) is 0 Å². The van der Waals surface area contributed by atoms with Gasteiger partial charge in [-0.2, -0.15) is 0 Å². The lowest BCUT2D eigenvalue weighted by Crippen LogP contribution is -2.39. The molecule has 1 rings (SSSR count). The molecule has 0 saturated heterocycles. The maximum absolute atomic E-state index is 3.64. The lowest BCUT2D eigenvalue weighted by Gasteiger charge is -2.33. The second-order valence-electron chi connectivity index (χ2n) is 4.46. The molecule has 1 aliphatic rings. The lowest BCUT2D eigenvalue weighted by atomic mass is 9.80. The van der Waals surface area contributed by atoms with Gasteiger partial charge >= 0.3 is 0 Å². The third kappa shape index (κ3) is 2.78. The van der Waals surface area contributed by atoms with Crippen LogP contribution < -0.4 is 5.32 Å². The van der Waals surface area contributed by atoms with Gasteiger partial charge in [0.15, 0.2) is 0 Å². The molecule has 0 aromatic heterocycles. The van der Waals surface area contributed by atoms with Crippen molar-refractivity contribution in [2.75, 3.05) is 6.54 Å². The van der Waals surface area contributed by atoms with Crippen LogP contribution in [0.1, 0.15) is 46.5 Å². The van der Waals surface area contributed by atoms with Crippen LogP contribution in [0.15, 0.2) is 0 Å². The fraction of sp³-hybridized carbons (Fsp3) is 1.00. The summed E-state index contributed by atoms with van der Waals surface area (Å²) in [5.74, 6) is 1.85. The van der Waals surface area contributed by atoms with Gasteiger partial charge in [0.2, 0.25) is 0 Å². The minimum Gasteiger partial charge on any atom is -0.314 e. The molecular formula is C11H23N. The zero-order chi connectivity index (χ0) is 8.97. The van der Waals surface area contributed by atoms with Crippen molar-refractivity contribution in [2.45, 2.75) is 52.5 Å². The van der Waals surface area contributed by atoms with Crippen molar-refractivity contribution < 1.29 is 0 Å². The Kier molecular flexibility index (Phi) is 4.07. The third-order valence-corrected chi connectivity index (χ3v) is 3.09. The molecule has 1 heteroatoms. The van der Waals surface area contributed by atoms with Crippen LogP contribution in [0, 0.1) is 11.8 Å². The first-order valence-corrected chi connectivity index (χ1v) is 5.47. The van der Waals surface area contributed by atoms with Crippen LogP contribution in [0.4, 0.5) is 0 Å². The predicted octanol–water partition coefficient (Wildman–Crippen LogP) is 2.81.